The van der Waals surface area contributed by atoms with E-state index in [1.54, 1.807) is 4.90 Å². The molecule has 0 atom stereocenters. The molecule has 0 bridgehead atoms. The Bertz CT molecular complexity index is 608. The molecule has 2 aliphatic rings. The summed E-state index contributed by atoms with van der Waals surface area (Å²) >= 11 is 0. The number of benzene rings is 1. The van der Waals surface area contributed by atoms with Gasteiger partial charge >= 0.3 is 0 Å². The number of carbonyl (C=O) groups is 3. The Morgan fingerprint density at radius 2 is 1.90 bits per heavy atom. The molecule has 0 spiro atoms. The minimum atomic E-state index is -0.766. The smallest absolute Gasteiger partial charge is 0.299 e. The summed E-state index contributed by atoms with van der Waals surface area (Å²) < 4.78 is 13.3. The lowest BCUT2D eigenvalue weighted by Crippen LogP contribution is -2.41. The van der Waals surface area contributed by atoms with Gasteiger partial charge in [0.25, 0.3) is 11.7 Å². The number of Topliss-reactive ketones (excluding diaryl/α,β-unsaturated/α-hetero) is 1. The Kier molecular flexibility index (Phi) is 3.00. The van der Waals surface area contributed by atoms with Crippen LogP contribution in [0.2, 0.25) is 0 Å². The average molecular weight is 276 g/mol. The zero-order valence-electron chi connectivity index (χ0n) is 10.8. The van der Waals surface area contributed by atoms with Gasteiger partial charge in [-0.15, -0.1) is 0 Å². The van der Waals surface area contributed by atoms with E-state index in [4.69, 9.17) is 0 Å². The maximum atomic E-state index is 13.3. The molecule has 0 unspecified atom stereocenters. The second kappa shape index (κ2) is 4.70. The van der Waals surface area contributed by atoms with Gasteiger partial charge in [0.15, 0.2) is 0 Å². The van der Waals surface area contributed by atoms with Gasteiger partial charge in [0.05, 0.1) is 11.3 Å². The van der Waals surface area contributed by atoms with E-state index in [0.29, 0.717) is 13.1 Å². The van der Waals surface area contributed by atoms with Crippen LogP contribution in [-0.2, 0) is 9.59 Å². The van der Waals surface area contributed by atoms with Crippen LogP contribution in [0.25, 0.3) is 0 Å². The van der Waals surface area contributed by atoms with Crippen LogP contribution in [-0.4, -0.2) is 42.1 Å². The van der Waals surface area contributed by atoms with Crippen molar-refractivity contribution < 1.29 is 18.8 Å². The van der Waals surface area contributed by atoms with E-state index in [1.807, 2.05) is 0 Å². The van der Waals surface area contributed by atoms with Crippen molar-refractivity contribution in [1.82, 2.24) is 4.90 Å². The molecule has 0 aliphatic carbocycles. The van der Waals surface area contributed by atoms with Gasteiger partial charge in [-0.2, -0.15) is 0 Å². The molecule has 6 heteroatoms. The number of halogens is 1. The fourth-order valence-electron chi connectivity index (χ4n) is 2.63. The fraction of sp³-hybridized carbons (Fsp3) is 0.357. The highest BCUT2D eigenvalue weighted by atomic mass is 19.1. The van der Waals surface area contributed by atoms with Crippen molar-refractivity contribution >= 4 is 23.3 Å². The Labute approximate surface area is 115 Å². The summed E-state index contributed by atoms with van der Waals surface area (Å²) in [5.41, 5.74) is 0.346. The van der Waals surface area contributed by atoms with E-state index in [9.17, 15) is 18.8 Å². The minimum Gasteiger partial charge on any atom is -0.341 e. The van der Waals surface area contributed by atoms with Crippen molar-refractivity contribution in [2.75, 3.05) is 24.5 Å². The third kappa shape index (κ3) is 1.97. The van der Waals surface area contributed by atoms with Gasteiger partial charge in [0.1, 0.15) is 12.4 Å². The lowest BCUT2D eigenvalue weighted by atomic mass is 10.1. The van der Waals surface area contributed by atoms with Crippen LogP contribution in [0.3, 0.4) is 0 Å². The van der Waals surface area contributed by atoms with Crippen molar-refractivity contribution in [3.05, 3.63) is 29.6 Å². The van der Waals surface area contributed by atoms with Crippen molar-refractivity contribution in [2.24, 2.45) is 0 Å². The van der Waals surface area contributed by atoms with Crippen LogP contribution in [0.5, 0.6) is 0 Å². The van der Waals surface area contributed by atoms with E-state index in [-0.39, 0.29) is 23.7 Å². The zero-order valence-corrected chi connectivity index (χ0v) is 10.8. The number of likely N-dealkylation sites (tertiary alicyclic amines) is 1. The van der Waals surface area contributed by atoms with Crippen LogP contribution in [0.4, 0.5) is 10.1 Å². The molecule has 20 heavy (non-hydrogen) atoms. The Morgan fingerprint density at radius 1 is 1.20 bits per heavy atom. The third-order valence-electron chi connectivity index (χ3n) is 3.69. The predicted molar refractivity (Wildman–Crippen MR) is 68.9 cm³/mol. The van der Waals surface area contributed by atoms with Gasteiger partial charge in [0, 0.05) is 13.1 Å². The number of hydrogen-bond acceptors (Lipinski definition) is 3. The van der Waals surface area contributed by atoms with Gasteiger partial charge in [-0.25, -0.2) is 4.39 Å². The number of carbonyl (C=O) groups excluding carboxylic acids is 3. The molecule has 0 radical (unpaired) electrons. The number of amides is 2. The van der Waals surface area contributed by atoms with E-state index >= 15 is 0 Å². The third-order valence-corrected chi connectivity index (χ3v) is 3.69. The Hall–Kier alpha value is -2.24. The molecular weight excluding hydrogens is 263 g/mol. The van der Waals surface area contributed by atoms with Gasteiger partial charge in [-0.3, -0.25) is 19.3 Å². The molecule has 2 aliphatic heterocycles. The number of hydrogen-bond donors (Lipinski definition) is 0. The largest absolute Gasteiger partial charge is 0.341 e. The lowest BCUT2D eigenvalue weighted by molar-refractivity contribution is -0.129. The molecule has 1 fully saturated rings. The maximum absolute atomic E-state index is 13.3. The Morgan fingerprint density at radius 3 is 2.60 bits per heavy atom. The first-order valence-corrected chi connectivity index (χ1v) is 6.51. The first kappa shape index (κ1) is 12.8. The molecule has 3 rings (SSSR count). The first-order valence-electron chi connectivity index (χ1n) is 6.51. The van der Waals surface area contributed by atoms with Crippen molar-refractivity contribution in [3.63, 3.8) is 0 Å². The van der Waals surface area contributed by atoms with Crippen LogP contribution in [0.15, 0.2) is 18.2 Å². The molecule has 0 N–H and O–H groups in total. The van der Waals surface area contributed by atoms with Crippen molar-refractivity contribution in [2.45, 2.75) is 12.8 Å². The number of anilines is 1. The standard InChI is InChI=1S/C14H13FN2O3/c15-9-3-4-10-11(7-9)17(14(20)13(10)19)8-12(18)16-5-1-2-6-16/h3-4,7H,1-2,5-6,8H2. The van der Waals surface area contributed by atoms with E-state index in [2.05, 4.69) is 0 Å². The molecule has 0 saturated carbocycles. The van der Waals surface area contributed by atoms with E-state index in [0.717, 1.165) is 29.9 Å². The van der Waals surface area contributed by atoms with E-state index < -0.39 is 17.5 Å². The summed E-state index contributed by atoms with van der Waals surface area (Å²) in [7, 11) is 0. The summed E-state index contributed by atoms with van der Waals surface area (Å²) in [6.45, 7) is 1.14. The highest BCUT2D eigenvalue weighted by molar-refractivity contribution is 6.52. The van der Waals surface area contributed by atoms with Crippen molar-refractivity contribution in [3.8, 4) is 0 Å². The first-order chi connectivity index (χ1) is 9.58. The van der Waals surface area contributed by atoms with Gasteiger partial charge in [-0.1, -0.05) is 0 Å². The van der Waals surface area contributed by atoms with E-state index in [1.165, 1.54) is 6.07 Å². The molecule has 1 aromatic rings. The topological polar surface area (TPSA) is 57.7 Å². The fourth-order valence-corrected chi connectivity index (χ4v) is 2.63. The second-order valence-corrected chi connectivity index (χ2v) is 4.97. The SMILES string of the molecule is O=C1C(=O)N(CC(=O)N2CCCC2)c2cc(F)ccc21. The molecule has 2 heterocycles. The molecule has 2 amide bonds. The van der Waals surface area contributed by atoms with Gasteiger partial charge in [-0.05, 0) is 31.0 Å². The Balaban J connectivity index is 1.87. The van der Waals surface area contributed by atoms with Crippen LogP contribution in [0.1, 0.15) is 23.2 Å². The number of nitrogens with zero attached hydrogens (tertiary/aromatic N) is 2. The number of ketones is 1. The monoisotopic (exact) mass is 276 g/mol. The molecule has 5 nitrogen and oxygen atoms in total. The molecular formula is C14H13FN2O3. The van der Waals surface area contributed by atoms with Gasteiger partial charge in [0.2, 0.25) is 5.91 Å². The minimum absolute atomic E-state index is 0.158. The summed E-state index contributed by atoms with van der Waals surface area (Å²) in [6, 6.07) is 3.54. The summed E-state index contributed by atoms with van der Waals surface area (Å²) in [5.74, 6) is -2.20. The number of rotatable bonds is 2. The summed E-state index contributed by atoms with van der Waals surface area (Å²) in [5, 5.41) is 0. The second-order valence-electron chi connectivity index (χ2n) is 4.97. The average Bonchev–Trinajstić information content (AvgIpc) is 3.03. The highest BCUT2D eigenvalue weighted by Crippen LogP contribution is 2.29. The zero-order chi connectivity index (χ0) is 14.3. The molecule has 0 aromatic heterocycles. The lowest BCUT2D eigenvalue weighted by Gasteiger charge is -2.21. The highest BCUT2D eigenvalue weighted by Gasteiger charge is 2.37. The summed E-state index contributed by atoms with van der Waals surface area (Å²) in [6.07, 6.45) is 1.90. The van der Waals surface area contributed by atoms with Crippen molar-refractivity contribution in [1.29, 1.82) is 0 Å². The molecule has 1 saturated heterocycles. The van der Waals surface area contributed by atoms with Crippen LogP contribution >= 0.6 is 0 Å². The van der Waals surface area contributed by atoms with Crippen LogP contribution in [0, 0.1) is 5.82 Å². The quantitative estimate of drug-likeness (QED) is 0.756. The van der Waals surface area contributed by atoms with Crippen LogP contribution < -0.4 is 4.90 Å². The summed E-state index contributed by atoms with van der Waals surface area (Å²) in [4.78, 5) is 38.5. The molecule has 104 valence electrons. The molecule has 1 aromatic carbocycles. The maximum Gasteiger partial charge on any atom is 0.299 e. The number of fused-ring (bicyclic) bond motifs is 1. The van der Waals surface area contributed by atoms with Gasteiger partial charge < -0.3 is 4.90 Å². The predicted octanol–water partition coefficient (Wildman–Crippen LogP) is 0.977. The normalized spacial score (nSPS) is 17.9.